The second kappa shape index (κ2) is 9.39. The Hall–Kier alpha value is -2.11. The lowest BCUT2D eigenvalue weighted by atomic mass is 9.97. The molecule has 2 aliphatic rings. The highest BCUT2D eigenvalue weighted by Crippen LogP contribution is 2.39. The molecule has 0 unspecified atom stereocenters. The van der Waals surface area contributed by atoms with E-state index in [1.165, 1.54) is 36.3 Å². The van der Waals surface area contributed by atoms with Gasteiger partial charge < -0.3 is 15.0 Å². The molecule has 1 aliphatic carbocycles. The number of amides is 1. The van der Waals surface area contributed by atoms with Crippen molar-refractivity contribution < 1.29 is 9.53 Å². The Balaban J connectivity index is 1.49. The molecular formula is C23H28N2O2S. The minimum absolute atomic E-state index is 0.0399. The molecule has 4 rings (SSSR count). The summed E-state index contributed by atoms with van der Waals surface area (Å²) in [4.78, 5) is 15.9. The molecule has 1 aliphatic heterocycles. The number of carbonyl (C=O) groups excluding carboxylic acids is 1. The summed E-state index contributed by atoms with van der Waals surface area (Å²) in [5.41, 5.74) is 3.80. The minimum Gasteiger partial charge on any atom is -0.378 e. The molecule has 1 aromatic carbocycles. The van der Waals surface area contributed by atoms with Crippen molar-refractivity contribution >= 4 is 22.2 Å². The van der Waals surface area contributed by atoms with Gasteiger partial charge in [-0.25, -0.2) is 0 Å². The first kappa shape index (κ1) is 19.2. The molecule has 1 aromatic heterocycles. The molecule has 1 amide bonds. The molecule has 1 saturated heterocycles. The van der Waals surface area contributed by atoms with Crippen LogP contribution >= 0.6 is 11.3 Å². The number of morpholine rings is 1. The first-order valence-corrected chi connectivity index (χ1v) is 11.1. The molecule has 2 heterocycles. The molecule has 5 heteroatoms. The number of allylic oxidation sites excluding steroid dienone is 1. The van der Waals surface area contributed by atoms with E-state index in [4.69, 9.17) is 4.74 Å². The number of thiophene rings is 1. The standard InChI is InChI=1S/C23H28N2O2S/c26-22(24-12-11-18-7-3-1-4-8-18)21-17-20(19-9-5-2-6-10-19)23(28-21)25-13-15-27-16-14-25/h2,5-7,9-10,17H,1,3-4,8,11-16H2,(H,24,26). The summed E-state index contributed by atoms with van der Waals surface area (Å²) in [5.74, 6) is 0.0399. The summed E-state index contributed by atoms with van der Waals surface area (Å²) in [5, 5.41) is 4.30. The van der Waals surface area contributed by atoms with Gasteiger partial charge >= 0.3 is 0 Å². The van der Waals surface area contributed by atoms with Gasteiger partial charge in [-0.3, -0.25) is 4.79 Å². The number of nitrogens with zero attached hydrogens (tertiary/aromatic N) is 1. The number of benzene rings is 1. The average Bonchev–Trinajstić information content (AvgIpc) is 3.21. The molecule has 1 N–H and O–H groups in total. The number of ether oxygens (including phenoxy) is 1. The average molecular weight is 397 g/mol. The fourth-order valence-electron chi connectivity index (χ4n) is 3.87. The summed E-state index contributed by atoms with van der Waals surface area (Å²) in [6.45, 7) is 3.94. The summed E-state index contributed by atoms with van der Waals surface area (Å²) in [6.07, 6.45) is 8.29. The maximum Gasteiger partial charge on any atom is 0.261 e. The van der Waals surface area contributed by atoms with Gasteiger partial charge in [0.2, 0.25) is 0 Å². The Bertz CT molecular complexity index is 822. The van der Waals surface area contributed by atoms with Gasteiger partial charge in [-0.15, -0.1) is 11.3 Å². The fraction of sp³-hybridized carbons (Fsp3) is 0.435. The van der Waals surface area contributed by atoms with Crippen LogP contribution in [-0.4, -0.2) is 38.8 Å². The van der Waals surface area contributed by atoms with Gasteiger partial charge in [-0.1, -0.05) is 42.0 Å². The third-order valence-corrected chi connectivity index (χ3v) is 6.63. The summed E-state index contributed by atoms with van der Waals surface area (Å²) in [7, 11) is 0. The van der Waals surface area contributed by atoms with E-state index in [-0.39, 0.29) is 5.91 Å². The molecule has 0 atom stereocenters. The molecule has 148 valence electrons. The summed E-state index contributed by atoms with van der Waals surface area (Å²) >= 11 is 1.60. The van der Waals surface area contributed by atoms with E-state index in [0.29, 0.717) is 0 Å². The van der Waals surface area contributed by atoms with Crippen LogP contribution in [0.5, 0.6) is 0 Å². The van der Waals surface area contributed by atoms with Crippen molar-refractivity contribution in [3.05, 3.63) is 52.9 Å². The number of carbonyl (C=O) groups is 1. The van der Waals surface area contributed by atoms with Crippen LogP contribution in [0.25, 0.3) is 11.1 Å². The van der Waals surface area contributed by atoms with Crippen LogP contribution < -0.4 is 10.2 Å². The van der Waals surface area contributed by atoms with Gasteiger partial charge in [-0.05, 0) is 43.7 Å². The van der Waals surface area contributed by atoms with Crippen molar-refractivity contribution in [3.63, 3.8) is 0 Å². The molecule has 0 spiro atoms. The number of rotatable bonds is 6. The second-order valence-corrected chi connectivity index (χ2v) is 8.44. The summed E-state index contributed by atoms with van der Waals surface area (Å²) < 4.78 is 5.51. The molecular weight excluding hydrogens is 368 g/mol. The highest BCUT2D eigenvalue weighted by atomic mass is 32.1. The highest BCUT2D eigenvalue weighted by Gasteiger charge is 2.21. The second-order valence-electron chi connectivity index (χ2n) is 7.41. The molecule has 28 heavy (non-hydrogen) atoms. The van der Waals surface area contributed by atoms with E-state index < -0.39 is 0 Å². The van der Waals surface area contributed by atoms with Gasteiger partial charge in [0.1, 0.15) is 0 Å². The van der Waals surface area contributed by atoms with Gasteiger partial charge in [0.05, 0.1) is 23.1 Å². The van der Waals surface area contributed by atoms with Gasteiger partial charge in [0, 0.05) is 25.2 Å². The van der Waals surface area contributed by atoms with Crippen molar-refractivity contribution in [2.24, 2.45) is 0 Å². The van der Waals surface area contributed by atoms with Crippen LogP contribution in [0.2, 0.25) is 0 Å². The van der Waals surface area contributed by atoms with Gasteiger partial charge in [0.15, 0.2) is 0 Å². The Morgan fingerprint density at radius 1 is 1.14 bits per heavy atom. The molecule has 0 radical (unpaired) electrons. The number of nitrogens with one attached hydrogen (secondary N) is 1. The minimum atomic E-state index is 0.0399. The number of hydrogen-bond acceptors (Lipinski definition) is 4. The van der Waals surface area contributed by atoms with E-state index in [1.54, 1.807) is 11.3 Å². The Morgan fingerprint density at radius 2 is 1.96 bits per heavy atom. The van der Waals surface area contributed by atoms with Crippen molar-refractivity contribution in [3.8, 4) is 11.1 Å². The van der Waals surface area contributed by atoms with Crippen LogP contribution in [0.15, 0.2) is 48.0 Å². The first-order valence-electron chi connectivity index (χ1n) is 10.3. The first-order chi connectivity index (χ1) is 13.8. The SMILES string of the molecule is O=C(NCCC1=CCCCC1)c1cc(-c2ccccc2)c(N2CCOCC2)s1. The lowest BCUT2D eigenvalue weighted by Crippen LogP contribution is -2.35. The zero-order chi connectivity index (χ0) is 19.2. The van der Waals surface area contributed by atoms with Crippen LogP contribution in [0.3, 0.4) is 0 Å². The zero-order valence-corrected chi connectivity index (χ0v) is 17.1. The molecule has 4 nitrogen and oxygen atoms in total. The molecule has 0 saturated carbocycles. The smallest absolute Gasteiger partial charge is 0.261 e. The number of hydrogen-bond donors (Lipinski definition) is 1. The maximum atomic E-state index is 12.8. The Labute approximate surface area is 171 Å². The predicted octanol–water partition coefficient (Wildman–Crippen LogP) is 4.87. The maximum absolute atomic E-state index is 12.8. The Kier molecular flexibility index (Phi) is 6.45. The van der Waals surface area contributed by atoms with Crippen LogP contribution in [0, 0.1) is 0 Å². The quantitative estimate of drug-likeness (QED) is 0.708. The normalized spacial score (nSPS) is 17.3. The van der Waals surface area contributed by atoms with E-state index in [2.05, 4.69) is 34.5 Å². The van der Waals surface area contributed by atoms with Crippen LogP contribution in [0.1, 0.15) is 41.8 Å². The van der Waals surface area contributed by atoms with Crippen molar-refractivity contribution in [2.75, 3.05) is 37.7 Å². The third-order valence-electron chi connectivity index (χ3n) is 5.44. The van der Waals surface area contributed by atoms with E-state index in [9.17, 15) is 4.79 Å². The molecule has 0 bridgehead atoms. The van der Waals surface area contributed by atoms with E-state index >= 15 is 0 Å². The molecule has 1 fully saturated rings. The topological polar surface area (TPSA) is 41.6 Å². The van der Waals surface area contributed by atoms with Crippen LogP contribution in [0.4, 0.5) is 5.00 Å². The van der Waals surface area contributed by atoms with Gasteiger partial charge in [0.25, 0.3) is 5.91 Å². The zero-order valence-electron chi connectivity index (χ0n) is 16.3. The lowest BCUT2D eigenvalue weighted by molar-refractivity contribution is 0.0958. The monoisotopic (exact) mass is 396 g/mol. The van der Waals surface area contributed by atoms with E-state index in [0.717, 1.165) is 55.3 Å². The fourth-order valence-corrected chi connectivity index (χ4v) is 5.02. The van der Waals surface area contributed by atoms with E-state index in [1.807, 2.05) is 18.2 Å². The van der Waals surface area contributed by atoms with Crippen molar-refractivity contribution in [2.45, 2.75) is 32.1 Å². The molecule has 2 aromatic rings. The van der Waals surface area contributed by atoms with Crippen molar-refractivity contribution in [1.82, 2.24) is 5.32 Å². The van der Waals surface area contributed by atoms with Crippen molar-refractivity contribution in [1.29, 1.82) is 0 Å². The largest absolute Gasteiger partial charge is 0.378 e. The summed E-state index contributed by atoms with van der Waals surface area (Å²) in [6, 6.07) is 12.4. The van der Waals surface area contributed by atoms with Crippen LogP contribution in [-0.2, 0) is 4.74 Å². The Morgan fingerprint density at radius 3 is 2.71 bits per heavy atom. The lowest BCUT2D eigenvalue weighted by Gasteiger charge is -2.28. The number of anilines is 1. The highest BCUT2D eigenvalue weighted by molar-refractivity contribution is 7.18. The predicted molar refractivity (Wildman–Crippen MR) is 116 cm³/mol. The van der Waals surface area contributed by atoms with Gasteiger partial charge in [-0.2, -0.15) is 0 Å². The third kappa shape index (κ3) is 4.65.